The highest BCUT2D eigenvalue weighted by Gasteiger charge is 2.11. The van der Waals surface area contributed by atoms with Gasteiger partial charge >= 0.3 is 0 Å². The fourth-order valence-corrected chi connectivity index (χ4v) is 4.02. The lowest BCUT2D eigenvalue weighted by Gasteiger charge is -2.16. The summed E-state index contributed by atoms with van der Waals surface area (Å²) in [7, 11) is 0. The maximum Gasteiger partial charge on any atom is 0.133 e. The van der Waals surface area contributed by atoms with E-state index in [4.69, 9.17) is 9.47 Å². The molecule has 0 heterocycles. The van der Waals surface area contributed by atoms with Gasteiger partial charge in [0.05, 0.1) is 13.2 Å². The Morgan fingerprint density at radius 2 is 0.969 bits per heavy atom. The molecule has 0 fully saturated rings. The zero-order valence-electron chi connectivity index (χ0n) is 21.4. The second-order valence-corrected chi connectivity index (χ2v) is 10.1. The number of ether oxygens (including phenoxy) is 2. The molecule has 0 saturated carbocycles. The number of carbonyl (C=O) groups is 1. The summed E-state index contributed by atoms with van der Waals surface area (Å²) in [5.41, 5.74) is 7.03. The van der Waals surface area contributed by atoms with Gasteiger partial charge in [0.25, 0.3) is 0 Å². The third-order valence-corrected chi connectivity index (χ3v) is 5.55. The van der Waals surface area contributed by atoms with E-state index in [1.807, 2.05) is 0 Å². The molecule has 2 aromatic carbocycles. The normalized spacial score (nSPS) is 11.3. The highest BCUT2D eigenvalue weighted by atomic mass is 16.5. The van der Waals surface area contributed by atoms with E-state index in [0.29, 0.717) is 30.5 Å². The van der Waals surface area contributed by atoms with Gasteiger partial charge in [-0.05, 0) is 85.8 Å². The highest BCUT2D eigenvalue weighted by Crippen LogP contribution is 2.27. The molecule has 0 spiro atoms. The molecule has 0 amide bonds. The van der Waals surface area contributed by atoms with E-state index in [1.54, 1.807) is 0 Å². The zero-order valence-corrected chi connectivity index (χ0v) is 21.4. The Balaban J connectivity index is 1.90. The van der Waals surface area contributed by atoms with Crippen molar-refractivity contribution in [2.24, 2.45) is 11.8 Å². The number of Topliss-reactive ketones (excluding diaryl/α,β-unsaturated/α-hetero) is 1. The van der Waals surface area contributed by atoms with Crippen LogP contribution in [-0.2, 0) is 17.6 Å². The monoisotopic (exact) mass is 438 g/mol. The molecular formula is C29H42O3. The predicted octanol–water partition coefficient (Wildman–Crippen LogP) is 7.12. The van der Waals surface area contributed by atoms with Gasteiger partial charge in [0.2, 0.25) is 0 Å². The first kappa shape index (κ1) is 26.0. The van der Waals surface area contributed by atoms with Crippen molar-refractivity contribution in [3.05, 3.63) is 57.6 Å². The van der Waals surface area contributed by atoms with Crippen LogP contribution in [0.1, 0.15) is 73.9 Å². The average Bonchev–Trinajstić information content (AvgIpc) is 2.69. The van der Waals surface area contributed by atoms with Crippen molar-refractivity contribution in [1.29, 1.82) is 0 Å². The Morgan fingerprint density at radius 3 is 1.25 bits per heavy atom. The lowest BCUT2D eigenvalue weighted by molar-refractivity contribution is -0.119. The van der Waals surface area contributed by atoms with Crippen LogP contribution in [0.3, 0.4) is 0 Å². The Kier molecular flexibility index (Phi) is 9.81. The molecule has 0 aliphatic rings. The van der Waals surface area contributed by atoms with Gasteiger partial charge in [-0.1, -0.05) is 52.0 Å². The molecule has 3 heteroatoms. The standard InChI is InChI=1S/C29H42O3/c1-19(2)17-31-28-21(5)13-25(14-22(28)6)9-11-27(30)12-10-26-15-23(7)29(24(8)16-26)32-18-20(3)4/h13-16,19-20H,9-12,17-18H2,1-8H3. The number of ketones is 1. The zero-order chi connectivity index (χ0) is 23.8. The molecule has 3 nitrogen and oxygen atoms in total. The van der Waals surface area contributed by atoms with Crippen LogP contribution in [0, 0.1) is 39.5 Å². The minimum Gasteiger partial charge on any atom is -0.493 e. The van der Waals surface area contributed by atoms with E-state index in [-0.39, 0.29) is 0 Å². The Morgan fingerprint density at radius 1 is 0.656 bits per heavy atom. The molecule has 0 radical (unpaired) electrons. The summed E-state index contributed by atoms with van der Waals surface area (Å²) in [6, 6.07) is 8.66. The van der Waals surface area contributed by atoms with Gasteiger partial charge in [-0.15, -0.1) is 0 Å². The fraction of sp³-hybridized carbons (Fsp3) is 0.552. The summed E-state index contributed by atoms with van der Waals surface area (Å²) in [6.07, 6.45) is 2.73. The first-order chi connectivity index (χ1) is 15.1. The molecule has 0 aliphatic heterocycles. The van der Waals surface area contributed by atoms with Crippen molar-refractivity contribution >= 4 is 5.78 Å². The van der Waals surface area contributed by atoms with Gasteiger partial charge in [-0.25, -0.2) is 0 Å². The van der Waals surface area contributed by atoms with E-state index < -0.39 is 0 Å². The molecule has 0 saturated heterocycles. The Bertz CT molecular complexity index is 789. The average molecular weight is 439 g/mol. The summed E-state index contributed by atoms with van der Waals surface area (Å²) >= 11 is 0. The number of rotatable bonds is 12. The van der Waals surface area contributed by atoms with Gasteiger partial charge < -0.3 is 9.47 Å². The molecule has 0 atom stereocenters. The van der Waals surface area contributed by atoms with Crippen LogP contribution in [0.5, 0.6) is 11.5 Å². The predicted molar refractivity (Wildman–Crippen MR) is 134 cm³/mol. The second kappa shape index (κ2) is 12.1. The minimum atomic E-state index is 0.316. The van der Waals surface area contributed by atoms with E-state index in [9.17, 15) is 4.79 Å². The van der Waals surface area contributed by atoms with Gasteiger partial charge in [-0.2, -0.15) is 0 Å². The first-order valence-corrected chi connectivity index (χ1v) is 12.0. The van der Waals surface area contributed by atoms with Crippen molar-refractivity contribution in [3.63, 3.8) is 0 Å². The lowest BCUT2D eigenvalue weighted by atomic mass is 9.97. The van der Waals surface area contributed by atoms with Crippen molar-refractivity contribution in [3.8, 4) is 11.5 Å². The second-order valence-electron chi connectivity index (χ2n) is 10.1. The van der Waals surface area contributed by atoms with E-state index in [2.05, 4.69) is 79.7 Å². The van der Waals surface area contributed by atoms with Crippen molar-refractivity contribution in [1.82, 2.24) is 0 Å². The topological polar surface area (TPSA) is 35.5 Å². The number of benzene rings is 2. The molecule has 0 aromatic heterocycles. The third kappa shape index (κ3) is 8.00. The van der Waals surface area contributed by atoms with Crippen LogP contribution in [0.2, 0.25) is 0 Å². The summed E-state index contributed by atoms with van der Waals surface area (Å²) in [4.78, 5) is 12.6. The number of aryl methyl sites for hydroxylation is 6. The van der Waals surface area contributed by atoms with Crippen LogP contribution in [-0.4, -0.2) is 19.0 Å². The molecular weight excluding hydrogens is 396 g/mol. The van der Waals surface area contributed by atoms with Crippen molar-refractivity contribution in [2.45, 2.75) is 81.1 Å². The van der Waals surface area contributed by atoms with Crippen LogP contribution in [0.25, 0.3) is 0 Å². The molecule has 32 heavy (non-hydrogen) atoms. The summed E-state index contributed by atoms with van der Waals surface area (Å²) < 4.78 is 12.0. The first-order valence-electron chi connectivity index (χ1n) is 12.0. The maximum atomic E-state index is 12.6. The minimum absolute atomic E-state index is 0.316. The molecule has 176 valence electrons. The Hall–Kier alpha value is -2.29. The van der Waals surface area contributed by atoms with Crippen molar-refractivity contribution in [2.75, 3.05) is 13.2 Å². The lowest BCUT2D eigenvalue weighted by Crippen LogP contribution is -2.08. The molecule has 0 bridgehead atoms. The molecule has 2 rings (SSSR count). The van der Waals surface area contributed by atoms with Crippen LogP contribution >= 0.6 is 0 Å². The van der Waals surface area contributed by atoms with Gasteiger partial charge in [0.15, 0.2) is 0 Å². The number of hydrogen-bond donors (Lipinski definition) is 0. The number of hydrogen-bond acceptors (Lipinski definition) is 3. The summed E-state index contributed by atoms with van der Waals surface area (Å²) in [5.74, 6) is 3.29. The van der Waals surface area contributed by atoms with E-state index in [0.717, 1.165) is 59.8 Å². The summed E-state index contributed by atoms with van der Waals surface area (Å²) in [6.45, 7) is 18.4. The Labute approximate surface area is 195 Å². The SMILES string of the molecule is Cc1cc(CCC(=O)CCc2cc(C)c(OCC(C)C)c(C)c2)cc(C)c1OCC(C)C. The van der Waals surface area contributed by atoms with Crippen LogP contribution in [0.15, 0.2) is 24.3 Å². The molecule has 2 aromatic rings. The summed E-state index contributed by atoms with van der Waals surface area (Å²) in [5, 5.41) is 0. The van der Waals surface area contributed by atoms with Gasteiger partial charge in [-0.3, -0.25) is 4.79 Å². The molecule has 0 aliphatic carbocycles. The van der Waals surface area contributed by atoms with Crippen LogP contribution in [0.4, 0.5) is 0 Å². The van der Waals surface area contributed by atoms with Crippen LogP contribution < -0.4 is 9.47 Å². The van der Waals surface area contributed by atoms with E-state index in [1.165, 1.54) is 11.1 Å². The van der Waals surface area contributed by atoms with Gasteiger partial charge in [0.1, 0.15) is 17.3 Å². The largest absolute Gasteiger partial charge is 0.493 e. The highest BCUT2D eigenvalue weighted by molar-refractivity contribution is 5.79. The molecule has 0 unspecified atom stereocenters. The van der Waals surface area contributed by atoms with E-state index >= 15 is 0 Å². The molecule has 0 N–H and O–H groups in total. The van der Waals surface area contributed by atoms with Crippen molar-refractivity contribution < 1.29 is 14.3 Å². The third-order valence-electron chi connectivity index (χ3n) is 5.55. The fourth-order valence-electron chi connectivity index (χ4n) is 4.02. The number of carbonyl (C=O) groups excluding carboxylic acids is 1. The quantitative estimate of drug-likeness (QED) is 0.354. The van der Waals surface area contributed by atoms with Gasteiger partial charge in [0, 0.05) is 12.8 Å². The maximum absolute atomic E-state index is 12.6. The smallest absolute Gasteiger partial charge is 0.133 e.